The number of fused-ring (bicyclic) bond motifs is 1. The summed E-state index contributed by atoms with van der Waals surface area (Å²) in [5, 5.41) is 26.1. The number of aromatic carboxylic acids is 1. The number of carbonyl (C=O) groups excluding carboxylic acids is 1. The summed E-state index contributed by atoms with van der Waals surface area (Å²) in [6.45, 7) is 1.67. The van der Waals surface area contributed by atoms with Gasteiger partial charge in [0, 0.05) is 29.7 Å². The summed E-state index contributed by atoms with van der Waals surface area (Å²) in [4.78, 5) is 21.3. The van der Waals surface area contributed by atoms with Crippen molar-refractivity contribution in [1.82, 2.24) is 0 Å². The van der Waals surface area contributed by atoms with E-state index >= 15 is 0 Å². The molecule has 1 aliphatic carbocycles. The number of hydrazone groups is 1. The van der Waals surface area contributed by atoms with Crippen LogP contribution in [-0.2, 0) is 6.42 Å². The number of nitro benzene ring substituents is 1. The molecule has 0 unspecified atom stereocenters. The van der Waals surface area contributed by atoms with Crippen molar-refractivity contribution in [3.63, 3.8) is 0 Å². The maximum Gasteiger partial charge on any atom is 1.00 e. The molecule has 0 saturated heterocycles. The van der Waals surface area contributed by atoms with Crippen molar-refractivity contribution < 1.29 is 70.6 Å². The summed E-state index contributed by atoms with van der Waals surface area (Å²) >= 11 is 0. The SMILES string of the molecule is Cc1c(C(=O)[O-])oc2c1/C(=N/Nc1ccc([N+](=O)[O-])cc1)CCC2.[K+]. The Hall–Kier alpha value is -1.52. The van der Waals surface area contributed by atoms with Gasteiger partial charge in [-0.2, -0.15) is 5.10 Å². The first kappa shape index (κ1) is 19.8. The van der Waals surface area contributed by atoms with Crippen molar-refractivity contribution in [2.45, 2.75) is 26.2 Å². The Morgan fingerprint density at radius 2 is 1.96 bits per heavy atom. The Kier molecular flexibility index (Phi) is 6.52. The fourth-order valence-electron chi connectivity index (χ4n) is 2.76. The first-order valence-corrected chi connectivity index (χ1v) is 7.38. The first-order valence-electron chi connectivity index (χ1n) is 7.38. The van der Waals surface area contributed by atoms with E-state index in [1.165, 1.54) is 12.1 Å². The van der Waals surface area contributed by atoms with Crippen LogP contribution in [0.15, 0.2) is 33.8 Å². The summed E-state index contributed by atoms with van der Waals surface area (Å²) in [7, 11) is 0. The quantitative estimate of drug-likeness (QED) is 0.421. The Morgan fingerprint density at radius 3 is 2.56 bits per heavy atom. The third-order valence-corrected chi connectivity index (χ3v) is 3.91. The molecule has 0 saturated carbocycles. The third-order valence-electron chi connectivity index (χ3n) is 3.91. The molecule has 0 radical (unpaired) electrons. The van der Waals surface area contributed by atoms with Crippen LogP contribution in [0.5, 0.6) is 0 Å². The topological polar surface area (TPSA) is 121 Å². The zero-order valence-electron chi connectivity index (χ0n) is 13.9. The number of aryl methyl sites for hydroxylation is 1. The summed E-state index contributed by atoms with van der Waals surface area (Å²) in [5.74, 6) is -0.906. The zero-order valence-corrected chi connectivity index (χ0v) is 17.0. The molecular weight excluding hydrogens is 353 g/mol. The van der Waals surface area contributed by atoms with E-state index in [0.717, 1.165) is 6.42 Å². The van der Waals surface area contributed by atoms with Gasteiger partial charge in [-0.05, 0) is 31.9 Å². The second-order valence-corrected chi connectivity index (χ2v) is 5.47. The Labute approximate surface area is 185 Å². The number of furan rings is 1. The molecule has 9 heteroatoms. The van der Waals surface area contributed by atoms with E-state index in [1.807, 2.05) is 0 Å². The van der Waals surface area contributed by atoms with Crippen LogP contribution in [0.2, 0.25) is 0 Å². The van der Waals surface area contributed by atoms with E-state index in [2.05, 4.69) is 10.5 Å². The molecule has 0 atom stereocenters. The third kappa shape index (κ3) is 4.18. The summed E-state index contributed by atoms with van der Waals surface area (Å²) in [6.07, 6.45) is 2.13. The Morgan fingerprint density at radius 1 is 1.28 bits per heavy atom. The van der Waals surface area contributed by atoms with Crippen LogP contribution < -0.4 is 61.9 Å². The van der Waals surface area contributed by atoms with Crippen LogP contribution in [0.25, 0.3) is 0 Å². The molecule has 3 rings (SSSR count). The molecule has 0 aliphatic heterocycles. The number of benzene rings is 1. The number of hydrogen-bond donors (Lipinski definition) is 1. The van der Waals surface area contributed by atoms with E-state index in [9.17, 15) is 20.0 Å². The molecule has 0 bridgehead atoms. The molecule has 25 heavy (non-hydrogen) atoms. The van der Waals surface area contributed by atoms with E-state index < -0.39 is 10.9 Å². The maximum absolute atomic E-state index is 11.1. The average Bonchev–Trinajstić information content (AvgIpc) is 2.91. The van der Waals surface area contributed by atoms with Crippen molar-refractivity contribution in [3.8, 4) is 0 Å². The molecule has 124 valence electrons. The maximum atomic E-state index is 11.1. The standard InChI is InChI=1S/C16H15N3O5.K/c1-9-14-12(3-2-4-13(14)24-15(9)16(20)21)18-17-10-5-7-11(8-6-10)19(22)23;/h5-8,17H,2-4H2,1H3,(H,20,21);/q;+1/p-1/b18-12+;. The molecule has 8 nitrogen and oxygen atoms in total. The van der Waals surface area contributed by atoms with Crippen molar-refractivity contribution in [2.24, 2.45) is 5.10 Å². The summed E-state index contributed by atoms with van der Waals surface area (Å²) in [5.41, 5.74) is 5.35. The summed E-state index contributed by atoms with van der Waals surface area (Å²) < 4.78 is 5.38. The number of carboxylic acids is 1. The van der Waals surface area contributed by atoms with Gasteiger partial charge in [-0.1, -0.05) is 0 Å². The fraction of sp³-hybridized carbons (Fsp3) is 0.250. The summed E-state index contributed by atoms with van der Waals surface area (Å²) in [6, 6.07) is 5.87. The number of nitrogens with zero attached hydrogens (tertiary/aromatic N) is 2. The van der Waals surface area contributed by atoms with Gasteiger partial charge >= 0.3 is 51.4 Å². The molecule has 1 N–H and O–H groups in total. The molecule has 0 amide bonds. The molecule has 1 aliphatic rings. The van der Waals surface area contributed by atoms with E-state index in [-0.39, 0.29) is 62.8 Å². The van der Waals surface area contributed by atoms with Crippen LogP contribution in [0.4, 0.5) is 11.4 Å². The smallest absolute Gasteiger partial charge is 0.542 e. The Balaban J connectivity index is 0.00000225. The van der Waals surface area contributed by atoms with Gasteiger partial charge in [-0.25, -0.2) is 0 Å². The van der Waals surface area contributed by atoms with Crippen molar-refractivity contribution in [2.75, 3.05) is 5.43 Å². The van der Waals surface area contributed by atoms with Crippen LogP contribution in [-0.4, -0.2) is 16.6 Å². The van der Waals surface area contributed by atoms with Crippen LogP contribution in [0, 0.1) is 17.0 Å². The number of hydrogen-bond acceptors (Lipinski definition) is 7. The predicted octanol–water partition coefficient (Wildman–Crippen LogP) is -0.984. The first-order chi connectivity index (χ1) is 11.5. The van der Waals surface area contributed by atoms with Gasteiger partial charge in [0.25, 0.3) is 5.69 Å². The van der Waals surface area contributed by atoms with Crippen molar-refractivity contribution in [1.29, 1.82) is 0 Å². The van der Waals surface area contributed by atoms with Gasteiger partial charge in [-0.15, -0.1) is 0 Å². The fourth-order valence-corrected chi connectivity index (χ4v) is 2.76. The van der Waals surface area contributed by atoms with Gasteiger partial charge in [0.05, 0.1) is 16.3 Å². The predicted molar refractivity (Wildman–Crippen MR) is 84.0 cm³/mol. The van der Waals surface area contributed by atoms with Gasteiger partial charge < -0.3 is 14.3 Å². The molecule has 0 fully saturated rings. The van der Waals surface area contributed by atoms with Crippen LogP contribution in [0.3, 0.4) is 0 Å². The molecule has 1 aromatic heterocycles. The van der Waals surface area contributed by atoms with E-state index in [0.29, 0.717) is 41.1 Å². The number of nitrogens with one attached hydrogen (secondary N) is 1. The number of carbonyl (C=O) groups is 1. The van der Waals surface area contributed by atoms with Gasteiger partial charge in [0.15, 0.2) is 5.76 Å². The molecule has 0 spiro atoms. The van der Waals surface area contributed by atoms with Gasteiger partial charge in [0.1, 0.15) is 11.7 Å². The largest absolute Gasteiger partial charge is 1.00 e. The minimum absolute atomic E-state index is 0. The van der Waals surface area contributed by atoms with Crippen LogP contribution in [0.1, 0.15) is 40.3 Å². The van der Waals surface area contributed by atoms with Crippen LogP contribution >= 0.6 is 0 Å². The number of non-ortho nitro benzene ring substituents is 1. The second kappa shape index (κ2) is 8.24. The normalized spacial score (nSPS) is 14.5. The molecule has 2 aromatic rings. The van der Waals surface area contributed by atoms with Crippen molar-refractivity contribution >= 4 is 23.1 Å². The number of carboxylic acid groups (broad SMARTS) is 1. The molecular formula is C16H14KN3O5. The number of anilines is 1. The minimum atomic E-state index is -1.34. The average molecular weight is 367 g/mol. The van der Waals surface area contributed by atoms with Gasteiger partial charge in [-0.3, -0.25) is 15.5 Å². The van der Waals surface area contributed by atoms with E-state index in [4.69, 9.17) is 4.42 Å². The second-order valence-electron chi connectivity index (χ2n) is 5.47. The number of nitro groups is 1. The van der Waals surface area contributed by atoms with Gasteiger partial charge in [0.2, 0.25) is 0 Å². The van der Waals surface area contributed by atoms with E-state index in [1.54, 1.807) is 19.1 Å². The molecule has 1 heterocycles. The molecule has 1 aromatic carbocycles. The Bertz CT molecular complexity index is 842. The number of rotatable bonds is 4. The minimum Gasteiger partial charge on any atom is -0.542 e. The monoisotopic (exact) mass is 367 g/mol. The van der Waals surface area contributed by atoms with Crippen molar-refractivity contribution in [3.05, 3.63) is 57.0 Å². The zero-order chi connectivity index (χ0) is 17.3.